The molecule has 12 heteroatoms. The molecule has 0 aliphatic carbocycles. The fourth-order valence-electron chi connectivity index (χ4n) is 4.02. The highest BCUT2D eigenvalue weighted by Gasteiger charge is 2.58. The van der Waals surface area contributed by atoms with Crippen LogP contribution in [0.4, 0.5) is 4.79 Å². The van der Waals surface area contributed by atoms with Crippen LogP contribution in [0.1, 0.15) is 32.6 Å². The van der Waals surface area contributed by atoms with E-state index < -0.39 is 43.5 Å². The summed E-state index contributed by atoms with van der Waals surface area (Å²) in [6, 6.07) is -1.16. The summed E-state index contributed by atoms with van der Waals surface area (Å²) in [5, 5.41) is 30.7. The molecule has 6 N–H and O–H groups in total. The lowest BCUT2D eigenvalue weighted by atomic mass is 9.77. The van der Waals surface area contributed by atoms with E-state index in [2.05, 4.69) is 5.32 Å². The van der Waals surface area contributed by atoms with Crippen LogP contribution < -0.4 is 11.1 Å². The van der Waals surface area contributed by atoms with Gasteiger partial charge in [0, 0.05) is 19.0 Å². The van der Waals surface area contributed by atoms with Gasteiger partial charge in [0.25, 0.3) is 0 Å². The van der Waals surface area contributed by atoms with Gasteiger partial charge in [-0.05, 0) is 26.1 Å². The Morgan fingerprint density at radius 2 is 2.04 bits per heavy atom. The summed E-state index contributed by atoms with van der Waals surface area (Å²) in [4.78, 5) is 37.1. The normalized spacial score (nSPS) is 27.2. The van der Waals surface area contributed by atoms with Crippen molar-refractivity contribution in [2.45, 2.75) is 56.5 Å². The van der Waals surface area contributed by atoms with Crippen LogP contribution in [0.5, 0.6) is 0 Å². The molecule has 0 aromatic rings. The summed E-state index contributed by atoms with van der Waals surface area (Å²) in [6.07, 6.45) is 1.34. The number of aliphatic carboxylic acids is 1. The monoisotopic (exact) mass is 401 g/mol. The van der Waals surface area contributed by atoms with Crippen LogP contribution in [0.2, 0.25) is 6.32 Å². The van der Waals surface area contributed by atoms with Crippen molar-refractivity contribution in [3.05, 3.63) is 0 Å². The van der Waals surface area contributed by atoms with Gasteiger partial charge in [-0.1, -0.05) is 12.8 Å². The number of fused-ring (bicyclic) bond motifs is 1. The van der Waals surface area contributed by atoms with E-state index in [4.69, 9.17) is 25.3 Å². The topological polar surface area (TPSA) is 172 Å². The first-order valence-electron chi connectivity index (χ1n) is 9.39. The lowest BCUT2D eigenvalue weighted by Gasteiger charge is -2.30. The van der Waals surface area contributed by atoms with Gasteiger partial charge < -0.3 is 35.3 Å². The molecule has 0 aromatic heterocycles. The van der Waals surface area contributed by atoms with E-state index in [0.29, 0.717) is 38.8 Å². The number of hydrogen-bond donors (Lipinski definition) is 5. The average molecular weight is 401 g/mol. The summed E-state index contributed by atoms with van der Waals surface area (Å²) in [7, 11) is -1.40. The molecule has 28 heavy (non-hydrogen) atoms. The Bertz CT molecular complexity index is 590. The van der Waals surface area contributed by atoms with Gasteiger partial charge in [-0.2, -0.15) is 0 Å². The quantitative estimate of drug-likeness (QED) is 0.136. The first kappa shape index (κ1) is 22.4. The first-order chi connectivity index (χ1) is 13.2. The molecule has 2 rings (SSSR count). The standard InChI is InChI=1S/C16H28BN3O8/c1-10(18)13(21)27-9-28-15(24)20-7-4-11-12(20)8-19-16(11,14(22)23)5-2-3-6-17(25)26/h10-12,19,25-26H,2-9,18H2,1H3,(H,22,23)/t10-,11-,12-,16+/m0/s1. The minimum absolute atomic E-state index is 0.183. The molecular formula is C16H28BN3O8. The van der Waals surface area contributed by atoms with E-state index in [1.54, 1.807) is 0 Å². The minimum Gasteiger partial charge on any atom is -0.480 e. The van der Waals surface area contributed by atoms with E-state index in [9.17, 15) is 19.5 Å². The molecule has 0 saturated carbocycles. The predicted molar refractivity (Wildman–Crippen MR) is 96.9 cm³/mol. The summed E-state index contributed by atoms with van der Waals surface area (Å²) in [5.74, 6) is -1.96. The molecule has 0 radical (unpaired) electrons. The molecule has 2 aliphatic rings. The lowest BCUT2D eigenvalue weighted by molar-refractivity contribution is -0.153. The van der Waals surface area contributed by atoms with Gasteiger partial charge in [0.15, 0.2) is 0 Å². The van der Waals surface area contributed by atoms with Crippen molar-refractivity contribution < 1.29 is 39.0 Å². The summed E-state index contributed by atoms with van der Waals surface area (Å²) in [6.45, 7) is 1.57. The molecule has 2 aliphatic heterocycles. The number of nitrogens with two attached hydrogens (primary N) is 1. The van der Waals surface area contributed by atoms with Crippen LogP contribution in [-0.2, 0) is 19.1 Å². The van der Waals surface area contributed by atoms with Crippen LogP contribution in [-0.4, -0.2) is 82.7 Å². The third-order valence-corrected chi connectivity index (χ3v) is 5.46. The summed E-state index contributed by atoms with van der Waals surface area (Å²) >= 11 is 0. The number of nitrogens with one attached hydrogen (secondary N) is 1. The maximum absolute atomic E-state index is 12.3. The van der Waals surface area contributed by atoms with Crippen molar-refractivity contribution in [1.82, 2.24) is 10.2 Å². The highest BCUT2D eigenvalue weighted by Crippen LogP contribution is 2.41. The van der Waals surface area contributed by atoms with E-state index in [1.165, 1.54) is 11.8 Å². The molecule has 2 saturated heterocycles. The average Bonchev–Trinajstić information content (AvgIpc) is 3.19. The number of rotatable bonds is 9. The lowest BCUT2D eigenvalue weighted by Crippen LogP contribution is -2.52. The molecule has 2 fully saturated rings. The highest BCUT2D eigenvalue weighted by molar-refractivity contribution is 6.40. The molecule has 4 atom stereocenters. The number of ether oxygens (including phenoxy) is 2. The van der Waals surface area contributed by atoms with Crippen molar-refractivity contribution in [2.24, 2.45) is 11.7 Å². The zero-order chi connectivity index (χ0) is 20.9. The van der Waals surface area contributed by atoms with Crippen LogP contribution in [0, 0.1) is 5.92 Å². The van der Waals surface area contributed by atoms with Gasteiger partial charge in [-0.3, -0.25) is 14.9 Å². The molecule has 0 aromatic carbocycles. The SMILES string of the molecule is C[C@H](N)C(=O)OCOC(=O)N1CC[C@H]2[C@@H]1CN[C@@]2(CCCCB(O)O)C(=O)O. The van der Waals surface area contributed by atoms with E-state index >= 15 is 0 Å². The van der Waals surface area contributed by atoms with Crippen LogP contribution in [0.15, 0.2) is 0 Å². The second-order valence-corrected chi connectivity index (χ2v) is 7.32. The molecular weight excluding hydrogens is 373 g/mol. The van der Waals surface area contributed by atoms with Gasteiger partial charge in [0.2, 0.25) is 6.79 Å². The molecule has 158 valence electrons. The van der Waals surface area contributed by atoms with Crippen LogP contribution >= 0.6 is 0 Å². The van der Waals surface area contributed by atoms with Gasteiger partial charge in [0.1, 0.15) is 11.6 Å². The molecule has 11 nitrogen and oxygen atoms in total. The first-order valence-corrected chi connectivity index (χ1v) is 9.39. The Balaban J connectivity index is 1.92. The Morgan fingerprint density at radius 3 is 2.64 bits per heavy atom. The maximum Gasteiger partial charge on any atom is 0.451 e. The second kappa shape index (κ2) is 9.55. The van der Waals surface area contributed by atoms with Crippen molar-refractivity contribution in [2.75, 3.05) is 19.9 Å². The number of esters is 1. The predicted octanol–water partition coefficient (Wildman–Crippen LogP) is -1.27. The van der Waals surface area contributed by atoms with Gasteiger partial charge >= 0.3 is 25.2 Å². The smallest absolute Gasteiger partial charge is 0.451 e. The third kappa shape index (κ3) is 4.93. The Hall–Kier alpha value is -1.89. The van der Waals surface area contributed by atoms with Crippen molar-refractivity contribution in [3.63, 3.8) is 0 Å². The molecule has 2 heterocycles. The molecule has 0 spiro atoms. The van der Waals surface area contributed by atoms with E-state index in [0.717, 1.165) is 0 Å². The minimum atomic E-state index is -1.40. The number of carboxylic acids is 1. The van der Waals surface area contributed by atoms with Crippen molar-refractivity contribution in [1.29, 1.82) is 0 Å². The fraction of sp³-hybridized carbons (Fsp3) is 0.812. The largest absolute Gasteiger partial charge is 0.480 e. The zero-order valence-corrected chi connectivity index (χ0v) is 15.9. The number of likely N-dealkylation sites (tertiary alicyclic amines) is 1. The van der Waals surface area contributed by atoms with E-state index in [1.807, 2.05) is 0 Å². The van der Waals surface area contributed by atoms with Crippen molar-refractivity contribution in [3.8, 4) is 0 Å². The number of unbranched alkanes of at least 4 members (excludes halogenated alkanes) is 1. The number of carbonyl (C=O) groups excluding carboxylic acids is 2. The van der Waals surface area contributed by atoms with Gasteiger partial charge in [-0.25, -0.2) is 4.79 Å². The number of carboxylic acid groups (broad SMARTS) is 1. The highest BCUT2D eigenvalue weighted by atomic mass is 16.7. The molecule has 0 unspecified atom stereocenters. The summed E-state index contributed by atoms with van der Waals surface area (Å²) in [5.41, 5.74) is 4.19. The number of hydrogen-bond acceptors (Lipinski definition) is 9. The Morgan fingerprint density at radius 1 is 1.32 bits per heavy atom. The Labute approximate surface area is 163 Å². The summed E-state index contributed by atoms with van der Waals surface area (Å²) < 4.78 is 9.69. The van der Waals surface area contributed by atoms with E-state index in [-0.39, 0.29) is 18.3 Å². The number of carbonyl (C=O) groups is 3. The molecule has 1 amide bonds. The van der Waals surface area contributed by atoms with Gasteiger partial charge in [-0.15, -0.1) is 0 Å². The van der Waals surface area contributed by atoms with Gasteiger partial charge in [0.05, 0.1) is 6.04 Å². The Kier molecular flexibility index (Phi) is 7.64. The second-order valence-electron chi connectivity index (χ2n) is 7.32. The third-order valence-electron chi connectivity index (χ3n) is 5.46. The number of nitrogens with zero attached hydrogens (tertiary/aromatic N) is 1. The molecule has 0 bridgehead atoms. The van der Waals surface area contributed by atoms with Crippen LogP contribution in [0.25, 0.3) is 0 Å². The maximum atomic E-state index is 12.3. The van der Waals surface area contributed by atoms with Crippen molar-refractivity contribution >= 4 is 25.2 Å². The zero-order valence-electron chi connectivity index (χ0n) is 15.9. The number of amides is 1. The fourth-order valence-corrected chi connectivity index (χ4v) is 4.02. The van der Waals surface area contributed by atoms with Crippen LogP contribution in [0.3, 0.4) is 0 Å².